The molecule has 1 unspecified atom stereocenters. The average Bonchev–Trinajstić information content (AvgIpc) is 3.26. The van der Waals surface area contributed by atoms with Gasteiger partial charge in [-0.05, 0) is 36.6 Å². The van der Waals surface area contributed by atoms with Crippen molar-refractivity contribution in [1.29, 1.82) is 5.26 Å². The van der Waals surface area contributed by atoms with Crippen molar-refractivity contribution in [2.75, 3.05) is 5.32 Å². The van der Waals surface area contributed by atoms with E-state index in [1.807, 2.05) is 29.0 Å². The lowest BCUT2D eigenvalue weighted by atomic mass is 10.2. The van der Waals surface area contributed by atoms with Gasteiger partial charge in [0.05, 0.1) is 22.2 Å². The van der Waals surface area contributed by atoms with Gasteiger partial charge < -0.3 is 4.74 Å². The number of nitrogens with zero attached hydrogens (tertiary/aromatic N) is 2. The number of hydrogen-bond acceptors (Lipinski definition) is 6. The first-order valence-electron chi connectivity index (χ1n) is 7.13. The highest BCUT2D eigenvalue weighted by molar-refractivity contribution is 7.16. The summed E-state index contributed by atoms with van der Waals surface area (Å²) >= 11 is 2.97. The minimum absolute atomic E-state index is 0.288. The maximum Gasteiger partial charge on any atom is 0.266 e. The second kappa shape index (κ2) is 7.25. The highest BCUT2D eigenvalue weighted by Crippen LogP contribution is 2.28. The summed E-state index contributed by atoms with van der Waals surface area (Å²) in [6.07, 6.45) is -0.701. The van der Waals surface area contributed by atoms with Crippen LogP contribution in [0.1, 0.15) is 12.5 Å². The molecule has 0 saturated carbocycles. The van der Waals surface area contributed by atoms with Gasteiger partial charge in [-0.2, -0.15) is 5.26 Å². The molecule has 0 aliphatic heterocycles. The van der Waals surface area contributed by atoms with Gasteiger partial charge in [0, 0.05) is 5.38 Å². The molecule has 0 aliphatic rings. The maximum absolute atomic E-state index is 12.2. The molecule has 1 aromatic carbocycles. The number of carbonyl (C=O) groups is 1. The van der Waals surface area contributed by atoms with Crippen molar-refractivity contribution in [1.82, 2.24) is 4.98 Å². The quantitative estimate of drug-likeness (QED) is 0.746. The van der Waals surface area contributed by atoms with E-state index in [4.69, 9.17) is 10.00 Å². The Labute approximate surface area is 147 Å². The van der Waals surface area contributed by atoms with Crippen LogP contribution in [0.3, 0.4) is 0 Å². The van der Waals surface area contributed by atoms with E-state index < -0.39 is 6.10 Å². The standard InChI is InChI=1S/C17H13N3O2S2/c1-11(22-13-5-2-4-12(8-13)9-18)16(21)20-17-19-14(10-24-17)15-6-3-7-23-15/h2-8,10-11H,1H3,(H,19,20,21). The van der Waals surface area contributed by atoms with Gasteiger partial charge in [-0.25, -0.2) is 4.98 Å². The number of rotatable bonds is 5. The monoisotopic (exact) mass is 355 g/mol. The molecule has 3 aromatic rings. The van der Waals surface area contributed by atoms with Crippen molar-refractivity contribution in [3.8, 4) is 22.4 Å². The third-order valence-electron chi connectivity index (χ3n) is 3.15. The summed E-state index contributed by atoms with van der Waals surface area (Å²) in [5, 5.41) is 16.1. The van der Waals surface area contributed by atoms with Crippen LogP contribution in [0.2, 0.25) is 0 Å². The van der Waals surface area contributed by atoms with E-state index in [1.54, 1.807) is 42.5 Å². The van der Waals surface area contributed by atoms with Crippen LogP contribution in [0.5, 0.6) is 5.75 Å². The van der Waals surface area contributed by atoms with Crippen LogP contribution < -0.4 is 10.1 Å². The Balaban J connectivity index is 1.63. The summed E-state index contributed by atoms with van der Waals surface area (Å²) in [4.78, 5) is 17.7. The van der Waals surface area contributed by atoms with Crippen molar-refractivity contribution in [3.63, 3.8) is 0 Å². The van der Waals surface area contributed by atoms with E-state index in [2.05, 4.69) is 10.3 Å². The molecule has 120 valence electrons. The van der Waals surface area contributed by atoms with Gasteiger partial charge >= 0.3 is 0 Å². The highest BCUT2D eigenvalue weighted by Gasteiger charge is 2.17. The van der Waals surface area contributed by atoms with Crippen LogP contribution in [0.25, 0.3) is 10.6 Å². The van der Waals surface area contributed by atoms with Crippen LogP contribution in [0.4, 0.5) is 5.13 Å². The molecule has 24 heavy (non-hydrogen) atoms. The van der Waals surface area contributed by atoms with E-state index in [0.29, 0.717) is 16.4 Å². The Hall–Kier alpha value is -2.69. The van der Waals surface area contributed by atoms with Crippen molar-refractivity contribution < 1.29 is 9.53 Å². The number of anilines is 1. The number of nitrogens with one attached hydrogen (secondary N) is 1. The zero-order valence-corrected chi connectivity index (χ0v) is 14.4. The molecular weight excluding hydrogens is 342 g/mol. The first-order valence-corrected chi connectivity index (χ1v) is 8.89. The molecule has 3 rings (SSSR count). The number of benzene rings is 1. The molecule has 0 bridgehead atoms. The summed E-state index contributed by atoms with van der Waals surface area (Å²) in [5.41, 5.74) is 1.33. The number of amides is 1. The normalized spacial score (nSPS) is 11.5. The van der Waals surface area contributed by atoms with E-state index in [-0.39, 0.29) is 5.91 Å². The number of thiophene rings is 1. The lowest BCUT2D eigenvalue weighted by Gasteiger charge is -2.13. The number of thiazole rings is 1. The molecule has 1 amide bonds. The lowest BCUT2D eigenvalue weighted by Crippen LogP contribution is -2.30. The zero-order chi connectivity index (χ0) is 16.9. The lowest BCUT2D eigenvalue weighted by molar-refractivity contribution is -0.122. The molecule has 1 atom stereocenters. The average molecular weight is 355 g/mol. The fourth-order valence-electron chi connectivity index (χ4n) is 1.97. The minimum Gasteiger partial charge on any atom is -0.481 e. The molecule has 5 nitrogen and oxygen atoms in total. The Kier molecular flexibility index (Phi) is 4.89. The largest absolute Gasteiger partial charge is 0.481 e. The van der Waals surface area contributed by atoms with Crippen molar-refractivity contribution in [3.05, 3.63) is 52.7 Å². The molecule has 0 spiro atoms. The third kappa shape index (κ3) is 3.79. The molecule has 2 aromatic heterocycles. The Morgan fingerprint density at radius 2 is 2.21 bits per heavy atom. The first-order chi connectivity index (χ1) is 11.7. The molecular formula is C17H13N3O2S2. The van der Waals surface area contributed by atoms with E-state index in [9.17, 15) is 4.79 Å². The van der Waals surface area contributed by atoms with Gasteiger partial charge in [-0.1, -0.05) is 12.1 Å². The van der Waals surface area contributed by atoms with Crippen LogP contribution in [-0.4, -0.2) is 17.0 Å². The molecule has 0 fully saturated rings. The minimum atomic E-state index is -0.701. The molecule has 0 aliphatic carbocycles. The fourth-order valence-corrected chi connectivity index (χ4v) is 3.45. The Morgan fingerprint density at radius 1 is 1.33 bits per heavy atom. The summed E-state index contributed by atoms with van der Waals surface area (Å²) in [6, 6.07) is 12.7. The number of aromatic nitrogens is 1. The number of ether oxygens (including phenoxy) is 1. The highest BCUT2D eigenvalue weighted by atomic mass is 32.1. The van der Waals surface area contributed by atoms with E-state index in [0.717, 1.165) is 10.6 Å². The smallest absolute Gasteiger partial charge is 0.266 e. The van der Waals surface area contributed by atoms with Crippen LogP contribution in [-0.2, 0) is 4.79 Å². The molecule has 0 radical (unpaired) electrons. The predicted molar refractivity (Wildman–Crippen MR) is 95.3 cm³/mol. The SMILES string of the molecule is CC(Oc1cccc(C#N)c1)C(=O)Nc1nc(-c2cccs2)cs1. The molecule has 2 heterocycles. The number of carbonyl (C=O) groups excluding carboxylic acids is 1. The van der Waals surface area contributed by atoms with Crippen LogP contribution in [0.15, 0.2) is 47.2 Å². The maximum atomic E-state index is 12.2. The van der Waals surface area contributed by atoms with Gasteiger partial charge in [-0.3, -0.25) is 10.1 Å². The Morgan fingerprint density at radius 3 is 2.96 bits per heavy atom. The summed E-state index contributed by atoms with van der Waals surface area (Å²) in [7, 11) is 0. The second-order valence-electron chi connectivity index (χ2n) is 4.90. The molecule has 0 saturated heterocycles. The van der Waals surface area contributed by atoms with Gasteiger partial charge in [0.2, 0.25) is 0 Å². The summed E-state index contributed by atoms with van der Waals surface area (Å²) in [5.74, 6) is 0.194. The topological polar surface area (TPSA) is 75.0 Å². The zero-order valence-electron chi connectivity index (χ0n) is 12.7. The summed E-state index contributed by atoms with van der Waals surface area (Å²) in [6.45, 7) is 1.65. The second-order valence-corrected chi connectivity index (χ2v) is 6.71. The van der Waals surface area contributed by atoms with E-state index in [1.165, 1.54) is 11.3 Å². The first kappa shape index (κ1) is 16.2. The fraction of sp³-hybridized carbons (Fsp3) is 0.118. The molecule has 1 N–H and O–H groups in total. The summed E-state index contributed by atoms with van der Waals surface area (Å²) < 4.78 is 5.59. The van der Waals surface area contributed by atoms with Crippen molar-refractivity contribution >= 4 is 33.7 Å². The van der Waals surface area contributed by atoms with Gasteiger partial charge in [-0.15, -0.1) is 22.7 Å². The third-order valence-corrected chi connectivity index (χ3v) is 4.80. The van der Waals surface area contributed by atoms with Crippen LogP contribution in [0, 0.1) is 11.3 Å². The van der Waals surface area contributed by atoms with Crippen LogP contribution >= 0.6 is 22.7 Å². The van der Waals surface area contributed by atoms with E-state index >= 15 is 0 Å². The predicted octanol–water partition coefficient (Wildman–Crippen LogP) is 4.15. The molecule has 7 heteroatoms. The van der Waals surface area contributed by atoms with Gasteiger partial charge in [0.15, 0.2) is 11.2 Å². The van der Waals surface area contributed by atoms with Gasteiger partial charge in [0.1, 0.15) is 5.75 Å². The van der Waals surface area contributed by atoms with Crippen molar-refractivity contribution in [2.45, 2.75) is 13.0 Å². The number of hydrogen-bond donors (Lipinski definition) is 1. The Bertz CT molecular complexity index is 881. The van der Waals surface area contributed by atoms with Crippen molar-refractivity contribution in [2.24, 2.45) is 0 Å². The number of nitriles is 1. The van der Waals surface area contributed by atoms with Gasteiger partial charge in [0.25, 0.3) is 5.91 Å².